The molecule has 0 aliphatic carbocycles. The predicted octanol–water partition coefficient (Wildman–Crippen LogP) is 5.14. The van der Waals surface area contributed by atoms with Crippen LogP contribution in [0.2, 0.25) is 5.15 Å². The smallest absolute Gasteiger partial charge is 0.152 e. The summed E-state index contributed by atoms with van der Waals surface area (Å²) in [6, 6.07) is 6.60. The van der Waals surface area contributed by atoms with Crippen LogP contribution in [-0.2, 0) is 0 Å². The van der Waals surface area contributed by atoms with E-state index < -0.39 is 0 Å². The minimum Gasteiger partial charge on any atom is -0.376 e. The van der Waals surface area contributed by atoms with Gasteiger partial charge in [-0.3, -0.25) is 0 Å². The maximum atomic E-state index is 6.19. The molecule has 1 heterocycles. The summed E-state index contributed by atoms with van der Waals surface area (Å²) in [4.78, 5) is 4.15. The molecule has 1 N–H and O–H groups in total. The lowest BCUT2D eigenvalue weighted by atomic mass is 9.94. The van der Waals surface area contributed by atoms with E-state index in [0.29, 0.717) is 5.15 Å². The summed E-state index contributed by atoms with van der Waals surface area (Å²) >= 11 is 6.19. The molecule has 0 amide bonds. The monoisotopic (exact) mass is 288 g/mol. The summed E-state index contributed by atoms with van der Waals surface area (Å²) in [5.74, 6) is 0. The number of nitrogens with one attached hydrogen (secondary N) is 1. The number of anilines is 1. The molecule has 0 aliphatic rings. The molecule has 1 aromatic carbocycles. The molecular weight excluding hydrogens is 268 g/mol. The van der Waals surface area contributed by atoms with Crippen molar-refractivity contribution in [1.29, 1.82) is 0 Å². The van der Waals surface area contributed by atoms with Gasteiger partial charge in [-0.25, -0.2) is 4.98 Å². The average molecular weight is 289 g/mol. The second-order valence-electron chi connectivity index (χ2n) is 5.47. The van der Waals surface area contributed by atoms with Crippen molar-refractivity contribution in [3.8, 4) is 0 Å². The molecule has 1 atom stereocenters. The van der Waals surface area contributed by atoms with E-state index in [1.54, 1.807) is 6.20 Å². The number of aryl methyl sites for hydroxylation is 4. The quantitative estimate of drug-likeness (QED) is 0.791. The van der Waals surface area contributed by atoms with E-state index in [1.807, 2.05) is 13.0 Å². The molecule has 2 nitrogen and oxygen atoms in total. The largest absolute Gasteiger partial charge is 0.376 e. The van der Waals surface area contributed by atoms with Gasteiger partial charge in [-0.15, -0.1) is 0 Å². The lowest BCUT2D eigenvalue weighted by Gasteiger charge is -2.22. The Labute approximate surface area is 126 Å². The lowest BCUT2D eigenvalue weighted by molar-refractivity contribution is 0.858. The van der Waals surface area contributed by atoms with Gasteiger partial charge in [0, 0.05) is 12.2 Å². The van der Waals surface area contributed by atoms with E-state index in [-0.39, 0.29) is 6.04 Å². The van der Waals surface area contributed by atoms with Crippen LogP contribution in [0.15, 0.2) is 24.4 Å². The number of nitrogens with zero attached hydrogens (tertiary/aromatic N) is 1. The molecule has 0 aliphatic heterocycles. The molecule has 0 radical (unpaired) electrons. The molecule has 3 heteroatoms. The molecule has 2 rings (SSSR count). The first-order chi connectivity index (χ1) is 9.40. The van der Waals surface area contributed by atoms with E-state index in [1.165, 1.54) is 22.3 Å². The second-order valence-corrected chi connectivity index (χ2v) is 5.83. The maximum Gasteiger partial charge on any atom is 0.152 e. The topological polar surface area (TPSA) is 24.9 Å². The number of aromatic nitrogens is 1. The third-order valence-corrected chi connectivity index (χ3v) is 3.93. The molecule has 20 heavy (non-hydrogen) atoms. The van der Waals surface area contributed by atoms with Gasteiger partial charge in [-0.05, 0) is 62.9 Å². The summed E-state index contributed by atoms with van der Waals surface area (Å²) in [6.07, 6.45) is 1.73. The molecule has 0 spiro atoms. The summed E-state index contributed by atoms with van der Waals surface area (Å²) in [5.41, 5.74) is 7.27. The van der Waals surface area contributed by atoms with Gasteiger partial charge < -0.3 is 5.32 Å². The van der Waals surface area contributed by atoms with E-state index in [2.05, 4.69) is 50.1 Å². The van der Waals surface area contributed by atoms with Crippen LogP contribution in [0, 0.1) is 27.7 Å². The average Bonchev–Trinajstić information content (AvgIpc) is 2.32. The van der Waals surface area contributed by atoms with Crippen LogP contribution < -0.4 is 5.32 Å². The van der Waals surface area contributed by atoms with E-state index >= 15 is 0 Å². The van der Waals surface area contributed by atoms with Crippen molar-refractivity contribution in [3.63, 3.8) is 0 Å². The van der Waals surface area contributed by atoms with Gasteiger partial charge in [0.2, 0.25) is 0 Å². The molecule has 106 valence electrons. The summed E-state index contributed by atoms with van der Waals surface area (Å²) in [6.45, 7) is 10.6. The van der Waals surface area contributed by atoms with Gasteiger partial charge in [-0.2, -0.15) is 0 Å². The molecule has 0 fully saturated rings. The zero-order valence-corrected chi connectivity index (χ0v) is 13.5. The molecule has 1 unspecified atom stereocenters. The van der Waals surface area contributed by atoms with Crippen LogP contribution in [-0.4, -0.2) is 4.98 Å². The fourth-order valence-electron chi connectivity index (χ4n) is 2.86. The zero-order chi connectivity index (χ0) is 14.9. The highest BCUT2D eigenvalue weighted by atomic mass is 35.5. The summed E-state index contributed by atoms with van der Waals surface area (Å²) < 4.78 is 0. The number of pyridine rings is 1. The van der Waals surface area contributed by atoms with Gasteiger partial charge in [0.05, 0.1) is 5.69 Å². The normalized spacial score (nSPS) is 12.3. The van der Waals surface area contributed by atoms with Gasteiger partial charge >= 0.3 is 0 Å². The van der Waals surface area contributed by atoms with E-state index in [9.17, 15) is 0 Å². The minimum absolute atomic E-state index is 0.191. The van der Waals surface area contributed by atoms with Crippen molar-refractivity contribution in [2.24, 2.45) is 0 Å². The molecule has 0 bridgehead atoms. The van der Waals surface area contributed by atoms with Crippen LogP contribution in [0.25, 0.3) is 0 Å². The Morgan fingerprint density at radius 1 is 1.05 bits per heavy atom. The predicted molar refractivity (Wildman–Crippen MR) is 86.7 cm³/mol. The third kappa shape index (κ3) is 2.96. The Balaban J connectivity index is 2.36. The number of benzene rings is 1. The molecule has 0 saturated carbocycles. The SMILES string of the molecule is Cc1cc(C)c(C(C)Nc2c(C)ccnc2Cl)c(C)c1. The number of hydrogen-bond donors (Lipinski definition) is 1. The fraction of sp³-hybridized carbons (Fsp3) is 0.353. The number of halogens is 1. The van der Waals surface area contributed by atoms with Gasteiger partial charge in [0.25, 0.3) is 0 Å². The highest BCUT2D eigenvalue weighted by Crippen LogP contribution is 2.30. The van der Waals surface area contributed by atoms with Crippen LogP contribution >= 0.6 is 11.6 Å². The highest BCUT2D eigenvalue weighted by molar-refractivity contribution is 6.32. The highest BCUT2D eigenvalue weighted by Gasteiger charge is 2.14. The number of rotatable bonds is 3. The molecular formula is C17H21ClN2. The first kappa shape index (κ1) is 14.9. The lowest BCUT2D eigenvalue weighted by Crippen LogP contribution is -2.12. The molecule has 0 saturated heterocycles. The third-order valence-electron chi connectivity index (χ3n) is 3.64. The Morgan fingerprint density at radius 3 is 2.20 bits per heavy atom. The first-order valence-electron chi connectivity index (χ1n) is 6.85. The van der Waals surface area contributed by atoms with Crippen LogP contribution in [0.4, 0.5) is 5.69 Å². The van der Waals surface area contributed by atoms with E-state index in [4.69, 9.17) is 11.6 Å². The zero-order valence-electron chi connectivity index (χ0n) is 12.7. The summed E-state index contributed by atoms with van der Waals surface area (Å²) in [7, 11) is 0. The summed E-state index contributed by atoms with van der Waals surface area (Å²) in [5, 5.41) is 4.03. The van der Waals surface area contributed by atoms with Gasteiger partial charge in [-0.1, -0.05) is 29.3 Å². The minimum atomic E-state index is 0.191. The van der Waals surface area contributed by atoms with Crippen LogP contribution in [0.5, 0.6) is 0 Å². The first-order valence-corrected chi connectivity index (χ1v) is 7.23. The number of hydrogen-bond acceptors (Lipinski definition) is 2. The fourth-order valence-corrected chi connectivity index (χ4v) is 3.12. The Morgan fingerprint density at radius 2 is 1.65 bits per heavy atom. The van der Waals surface area contributed by atoms with Crippen molar-refractivity contribution in [2.45, 2.75) is 40.7 Å². The Bertz CT molecular complexity index is 592. The van der Waals surface area contributed by atoms with Crippen LogP contribution in [0.3, 0.4) is 0 Å². The Hall–Kier alpha value is -1.54. The Kier molecular flexibility index (Phi) is 4.34. The molecule has 1 aromatic heterocycles. The molecule has 2 aromatic rings. The van der Waals surface area contributed by atoms with Crippen molar-refractivity contribution in [1.82, 2.24) is 4.98 Å². The second kappa shape index (κ2) is 5.84. The van der Waals surface area contributed by atoms with Crippen molar-refractivity contribution in [3.05, 3.63) is 57.4 Å². The van der Waals surface area contributed by atoms with Crippen LogP contribution in [0.1, 0.15) is 40.8 Å². The van der Waals surface area contributed by atoms with Crippen molar-refractivity contribution in [2.75, 3.05) is 5.32 Å². The van der Waals surface area contributed by atoms with E-state index in [0.717, 1.165) is 11.3 Å². The van der Waals surface area contributed by atoms with Crippen molar-refractivity contribution < 1.29 is 0 Å². The maximum absolute atomic E-state index is 6.19. The van der Waals surface area contributed by atoms with Gasteiger partial charge in [0.1, 0.15) is 0 Å². The standard InChI is InChI=1S/C17H21ClN2/c1-10-8-12(3)15(13(4)9-10)14(5)20-16-11(2)6-7-19-17(16)18/h6-9,14,20H,1-5H3. The van der Waals surface area contributed by atoms with Gasteiger partial charge in [0.15, 0.2) is 5.15 Å². The van der Waals surface area contributed by atoms with Crippen molar-refractivity contribution >= 4 is 17.3 Å².